The zero-order chi connectivity index (χ0) is 19.9. The Bertz CT molecular complexity index is 1050. The Morgan fingerprint density at radius 2 is 1.92 bits per heavy atom. The minimum absolute atomic E-state index is 0.000164. The van der Waals surface area contributed by atoms with E-state index in [4.69, 9.17) is 11.6 Å². The Morgan fingerprint density at radius 3 is 2.46 bits per heavy atom. The van der Waals surface area contributed by atoms with Crippen molar-refractivity contribution >= 4 is 38.6 Å². The number of benzene rings is 1. The number of nitrogens with zero attached hydrogens (tertiary/aromatic N) is 1. The fourth-order valence-electron chi connectivity index (χ4n) is 2.12. The van der Waals surface area contributed by atoms with E-state index in [1.807, 2.05) is 0 Å². The maximum Gasteiger partial charge on any atom is 0.534 e. The number of rotatable bonds is 4. The molecular weight excluding hydrogens is 403 g/mol. The largest absolute Gasteiger partial charge is 0.534 e. The first kappa shape index (κ1) is 20.0. The van der Waals surface area contributed by atoms with E-state index in [0.717, 1.165) is 10.6 Å². The van der Waals surface area contributed by atoms with E-state index < -0.39 is 38.5 Å². The van der Waals surface area contributed by atoms with Crippen molar-refractivity contribution < 1.29 is 35.3 Å². The number of ether oxygens (including phenoxy) is 1. The maximum absolute atomic E-state index is 12.7. The van der Waals surface area contributed by atoms with Crippen molar-refractivity contribution in [1.29, 1.82) is 0 Å². The molecule has 7 nitrogen and oxygen atoms in total. The molecule has 0 radical (unpaired) electrons. The van der Waals surface area contributed by atoms with E-state index in [1.54, 1.807) is 0 Å². The monoisotopic (exact) mass is 413 g/mol. The number of aromatic nitrogens is 1. The highest BCUT2D eigenvalue weighted by atomic mass is 35.5. The summed E-state index contributed by atoms with van der Waals surface area (Å²) < 4.78 is 70.8. The van der Waals surface area contributed by atoms with Crippen LogP contribution >= 0.6 is 11.6 Å². The van der Waals surface area contributed by atoms with Gasteiger partial charge in [-0.1, -0.05) is 11.6 Å². The van der Waals surface area contributed by atoms with E-state index in [1.165, 1.54) is 26.1 Å². The van der Waals surface area contributed by atoms with Gasteiger partial charge in [0, 0.05) is 17.5 Å². The van der Waals surface area contributed by atoms with Crippen LogP contribution in [0.3, 0.4) is 0 Å². The van der Waals surface area contributed by atoms with Gasteiger partial charge in [-0.15, -0.1) is 0 Å². The van der Waals surface area contributed by atoms with Crippen LogP contribution in [-0.2, 0) is 21.9 Å². The highest BCUT2D eigenvalue weighted by molar-refractivity contribution is 7.88. The van der Waals surface area contributed by atoms with Crippen molar-refractivity contribution in [3.63, 3.8) is 0 Å². The average molecular weight is 414 g/mol. The third-order valence-electron chi connectivity index (χ3n) is 3.27. The van der Waals surface area contributed by atoms with Crippen molar-refractivity contribution in [1.82, 2.24) is 4.57 Å². The Morgan fingerprint density at radius 1 is 1.31 bits per heavy atom. The lowest BCUT2D eigenvalue weighted by Gasteiger charge is -2.16. The first-order valence-electron chi connectivity index (χ1n) is 6.90. The fraction of sp³-hybridized carbons (Fsp3) is 0.286. The molecule has 0 N–H and O–H groups in total. The van der Waals surface area contributed by atoms with E-state index in [-0.39, 0.29) is 22.5 Å². The van der Waals surface area contributed by atoms with Gasteiger partial charge in [0.25, 0.3) is 5.56 Å². The van der Waals surface area contributed by atoms with E-state index in [9.17, 15) is 31.2 Å². The Balaban J connectivity index is 2.94. The molecule has 2 aromatic rings. The lowest BCUT2D eigenvalue weighted by molar-refractivity contribution is -0.0500. The lowest BCUT2D eigenvalue weighted by Crippen LogP contribution is -2.32. The first-order valence-corrected chi connectivity index (χ1v) is 8.69. The van der Waals surface area contributed by atoms with Crippen molar-refractivity contribution in [2.24, 2.45) is 7.05 Å². The second kappa shape index (κ2) is 6.80. The molecule has 2 rings (SSSR count). The summed E-state index contributed by atoms with van der Waals surface area (Å²) in [5.74, 6) is -2.43. The Labute approximate surface area is 150 Å². The number of halogens is 4. The third kappa shape index (κ3) is 3.49. The molecule has 0 bridgehead atoms. The number of pyridine rings is 1. The summed E-state index contributed by atoms with van der Waals surface area (Å²) in [4.78, 5) is 24.5. The molecule has 0 aliphatic heterocycles. The summed E-state index contributed by atoms with van der Waals surface area (Å²) in [5, 5.41) is -0.268. The van der Waals surface area contributed by atoms with E-state index in [2.05, 4.69) is 8.92 Å². The summed E-state index contributed by atoms with van der Waals surface area (Å²) in [6.07, 6.45) is 0. The summed E-state index contributed by atoms with van der Waals surface area (Å²) in [6, 6.07) is 3.66. The van der Waals surface area contributed by atoms with Crippen LogP contribution in [0.1, 0.15) is 17.3 Å². The number of fused-ring (bicyclic) bond motifs is 1. The van der Waals surface area contributed by atoms with Crippen LogP contribution in [0.2, 0.25) is 5.02 Å². The second-order valence-electron chi connectivity index (χ2n) is 4.93. The second-order valence-corrected chi connectivity index (χ2v) is 6.91. The molecule has 0 saturated heterocycles. The number of esters is 1. The van der Waals surface area contributed by atoms with Gasteiger partial charge in [0.05, 0.1) is 12.1 Å². The van der Waals surface area contributed by atoms with Crippen molar-refractivity contribution in [2.75, 3.05) is 6.61 Å². The standard InChI is InChI=1S/C14H11ClF3NO6S/c1-3-24-13(21)10-11(25-26(22,23)14(16,17)18)8-6-7(15)4-5-9(8)19(2)12(10)20/h4-6H,3H2,1-2H3. The minimum Gasteiger partial charge on any atom is -0.462 e. The van der Waals surface area contributed by atoms with Gasteiger partial charge in [0.2, 0.25) is 0 Å². The maximum atomic E-state index is 12.7. The SMILES string of the molecule is CCOC(=O)c1c(OS(=O)(=O)C(F)(F)F)c2cc(Cl)ccc2n(C)c1=O. The Kier molecular flexibility index (Phi) is 5.24. The van der Waals surface area contributed by atoms with Gasteiger partial charge < -0.3 is 13.5 Å². The molecule has 0 fully saturated rings. The smallest absolute Gasteiger partial charge is 0.462 e. The zero-order valence-corrected chi connectivity index (χ0v) is 14.8. The highest BCUT2D eigenvalue weighted by Gasteiger charge is 2.49. The zero-order valence-electron chi connectivity index (χ0n) is 13.3. The molecule has 1 aromatic carbocycles. The van der Waals surface area contributed by atoms with Crippen LogP contribution in [0.15, 0.2) is 23.0 Å². The van der Waals surface area contributed by atoms with E-state index in [0.29, 0.717) is 0 Å². The molecular formula is C14H11ClF3NO6S. The van der Waals surface area contributed by atoms with E-state index >= 15 is 0 Å². The fourth-order valence-corrected chi connectivity index (χ4v) is 2.78. The lowest BCUT2D eigenvalue weighted by atomic mass is 10.1. The van der Waals surface area contributed by atoms with Crippen LogP contribution in [0.25, 0.3) is 10.9 Å². The number of alkyl halides is 3. The van der Waals surface area contributed by atoms with Crippen LogP contribution in [0.4, 0.5) is 13.2 Å². The molecule has 26 heavy (non-hydrogen) atoms. The van der Waals surface area contributed by atoms with Crippen LogP contribution < -0.4 is 9.74 Å². The molecule has 142 valence electrons. The van der Waals surface area contributed by atoms with Crippen LogP contribution in [0, 0.1) is 0 Å². The van der Waals surface area contributed by atoms with Gasteiger partial charge in [-0.05, 0) is 25.1 Å². The van der Waals surface area contributed by atoms with Crippen molar-refractivity contribution in [3.8, 4) is 5.75 Å². The molecule has 0 atom stereocenters. The number of hydrogen-bond donors (Lipinski definition) is 0. The molecule has 1 heterocycles. The number of carbonyl (C=O) groups excluding carboxylic acids is 1. The molecule has 0 aliphatic rings. The number of hydrogen-bond acceptors (Lipinski definition) is 6. The summed E-state index contributed by atoms with van der Waals surface area (Å²) in [5.41, 5.74) is -7.85. The van der Waals surface area contributed by atoms with Crippen LogP contribution in [-0.4, -0.2) is 31.1 Å². The average Bonchev–Trinajstić information content (AvgIpc) is 2.51. The predicted molar refractivity (Wildman–Crippen MR) is 85.8 cm³/mol. The molecule has 0 aliphatic carbocycles. The molecule has 0 spiro atoms. The number of carbonyl (C=O) groups is 1. The van der Waals surface area contributed by atoms with Crippen molar-refractivity contribution in [3.05, 3.63) is 39.1 Å². The van der Waals surface area contributed by atoms with Gasteiger partial charge in [0.15, 0.2) is 11.3 Å². The quantitative estimate of drug-likeness (QED) is 0.434. The number of aryl methyl sites for hydroxylation is 1. The third-order valence-corrected chi connectivity index (χ3v) is 4.45. The highest BCUT2D eigenvalue weighted by Crippen LogP contribution is 2.34. The minimum atomic E-state index is -6.15. The molecule has 12 heteroatoms. The summed E-state index contributed by atoms with van der Waals surface area (Å²) >= 11 is 5.81. The van der Waals surface area contributed by atoms with Gasteiger partial charge in [0.1, 0.15) is 0 Å². The molecule has 0 amide bonds. The van der Waals surface area contributed by atoms with Gasteiger partial charge >= 0.3 is 21.6 Å². The topological polar surface area (TPSA) is 91.7 Å². The van der Waals surface area contributed by atoms with Crippen LogP contribution in [0.5, 0.6) is 5.75 Å². The first-order chi connectivity index (χ1) is 11.9. The van der Waals surface area contributed by atoms with Gasteiger partial charge in [-0.2, -0.15) is 21.6 Å². The van der Waals surface area contributed by atoms with Gasteiger partial charge in [-0.3, -0.25) is 4.79 Å². The summed E-state index contributed by atoms with van der Waals surface area (Å²) in [6.45, 7) is 1.19. The summed E-state index contributed by atoms with van der Waals surface area (Å²) in [7, 11) is -4.92. The normalized spacial score (nSPS) is 12.2. The molecule has 0 unspecified atom stereocenters. The predicted octanol–water partition coefficient (Wildman–Crippen LogP) is 2.60. The molecule has 0 saturated carbocycles. The Hall–Kier alpha value is -2.27. The van der Waals surface area contributed by atoms with Gasteiger partial charge in [-0.25, -0.2) is 4.79 Å². The molecule has 1 aromatic heterocycles. The van der Waals surface area contributed by atoms with Crippen molar-refractivity contribution in [2.45, 2.75) is 12.4 Å².